The fourth-order valence-electron chi connectivity index (χ4n) is 2.32. The molecule has 0 spiro atoms. The molecule has 8 nitrogen and oxygen atoms in total. The summed E-state index contributed by atoms with van der Waals surface area (Å²) >= 11 is 0. The third kappa shape index (κ3) is 3.60. The molecule has 0 aliphatic carbocycles. The Labute approximate surface area is 148 Å². The summed E-state index contributed by atoms with van der Waals surface area (Å²) in [6.07, 6.45) is 5.08. The normalized spacial score (nSPS) is 11.0. The van der Waals surface area contributed by atoms with Gasteiger partial charge in [-0.3, -0.25) is 9.52 Å². The van der Waals surface area contributed by atoms with Crippen LogP contribution in [0.2, 0.25) is 0 Å². The van der Waals surface area contributed by atoms with Crippen LogP contribution in [0.1, 0.15) is 10.4 Å². The largest absolute Gasteiger partial charge is 0.341 e. The molecule has 0 aliphatic rings. The van der Waals surface area contributed by atoms with Gasteiger partial charge in [0.1, 0.15) is 0 Å². The van der Waals surface area contributed by atoms with Crippen LogP contribution in [0, 0.1) is 12.3 Å². The van der Waals surface area contributed by atoms with Crippen molar-refractivity contribution >= 4 is 32.7 Å². The number of nitrogens with one attached hydrogen (secondary N) is 4. The number of hydrogen-bond acceptors (Lipinski definition) is 4. The topological polar surface area (TPSA) is 124 Å². The molecule has 0 bridgehead atoms. The number of terminal acetylenes is 1. The minimum absolute atomic E-state index is 0.00362. The van der Waals surface area contributed by atoms with Gasteiger partial charge in [-0.1, -0.05) is 5.92 Å². The first kappa shape index (κ1) is 17.3. The van der Waals surface area contributed by atoms with Crippen LogP contribution >= 0.6 is 0 Å². The number of amides is 1. The standard InChI is InChI=1S/C17H14N4O4S/c1-2-9-18-16(22)11-3-5-12(6-4-11)21-26(24,25)13-7-8-14-15(10-13)20-17(23)19-14/h1,3-8,10,21H,9H2,(H,18,22)(H2,19,20,23). The summed E-state index contributed by atoms with van der Waals surface area (Å²) in [6, 6.07) is 10.2. The molecule has 3 rings (SSSR count). The Bertz CT molecular complexity index is 1170. The SMILES string of the molecule is C#CCNC(=O)c1ccc(NS(=O)(=O)c2ccc3[nH]c(=O)[nH]c3c2)cc1. The summed E-state index contributed by atoms with van der Waals surface area (Å²) in [5.41, 5.74) is 1.13. The summed E-state index contributed by atoms with van der Waals surface area (Å²) in [6.45, 7) is 0.108. The van der Waals surface area contributed by atoms with Crippen molar-refractivity contribution < 1.29 is 13.2 Å². The predicted molar refractivity (Wildman–Crippen MR) is 97.3 cm³/mol. The molecule has 2 aromatic carbocycles. The smallest absolute Gasteiger partial charge is 0.323 e. The van der Waals surface area contributed by atoms with Crippen molar-refractivity contribution in [2.75, 3.05) is 11.3 Å². The first-order valence-corrected chi connectivity index (χ1v) is 8.94. The average molecular weight is 370 g/mol. The van der Waals surface area contributed by atoms with E-state index in [0.29, 0.717) is 22.3 Å². The van der Waals surface area contributed by atoms with Gasteiger partial charge >= 0.3 is 5.69 Å². The van der Waals surface area contributed by atoms with E-state index in [0.717, 1.165) is 0 Å². The van der Waals surface area contributed by atoms with E-state index in [1.54, 1.807) is 0 Å². The second-order valence-electron chi connectivity index (χ2n) is 5.36. The van der Waals surface area contributed by atoms with Crippen LogP contribution in [0.4, 0.5) is 5.69 Å². The summed E-state index contributed by atoms with van der Waals surface area (Å²) in [5.74, 6) is 1.95. The lowest BCUT2D eigenvalue weighted by Gasteiger charge is -2.09. The van der Waals surface area contributed by atoms with Crippen LogP contribution in [-0.4, -0.2) is 30.8 Å². The number of fused-ring (bicyclic) bond motifs is 1. The highest BCUT2D eigenvalue weighted by atomic mass is 32.2. The zero-order valence-corrected chi connectivity index (χ0v) is 14.2. The third-order valence-corrected chi connectivity index (χ3v) is 4.93. The fourth-order valence-corrected chi connectivity index (χ4v) is 3.40. The minimum Gasteiger partial charge on any atom is -0.341 e. The van der Waals surface area contributed by atoms with Crippen molar-refractivity contribution in [3.63, 3.8) is 0 Å². The van der Waals surface area contributed by atoms with Gasteiger partial charge in [0.05, 0.1) is 22.5 Å². The molecule has 3 aromatic rings. The summed E-state index contributed by atoms with van der Waals surface area (Å²) in [5, 5.41) is 2.52. The van der Waals surface area contributed by atoms with E-state index >= 15 is 0 Å². The van der Waals surface area contributed by atoms with Gasteiger partial charge in [0.15, 0.2) is 0 Å². The number of imidazole rings is 1. The van der Waals surface area contributed by atoms with Crippen LogP contribution < -0.4 is 15.7 Å². The molecule has 1 aromatic heterocycles. The minimum atomic E-state index is -3.86. The Morgan fingerprint density at radius 2 is 1.77 bits per heavy atom. The Hall–Kier alpha value is -3.51. The summed E-state index contributed by atoms with van der Waals surface area (Å²) in [7, 11) is -3.86. The van der Waals surface area contributed by atoms with Crippen LogP contribution in [0.25, 0.3) is 11.0 Å². The number of rotatable bonds is 5. The predicted octanol–water partition coefficient (Wildman–Crippen LogP) is 1.02. The highest BCUT2D eigenvalue weighted by Crippen LogP contribution is 2.19. The molecule has 0 fully saturated rings. The first-order valence-electron chi connectivity index (χ1n) is 7.46. The van der Waals surface area contributed by atoms with Crippen LogP contribution in [0.5, 0.6) is 0 Å². The fraction of sp³-hybridized carbons (Fsp3) is 0.0588. The monoisotopic (exact) mass is 370 g/mol. The number of carbonyl (C=O) groups excluding carboxylic acids is 1. The van der Waals surface area contributed by atoms with E-state index in [2.05, 4.69) is 25.9 Å². The van der Waals surface area contributed by atoms with Gasteiger partial charge in [-0.15, -0.1) is 6.42 Å². The quantitative estimate of drug-likeness (QED) is 0.501. The van der Waals surface area contributed by atoms with E-state index in [1.165, 1.54) is 42.5 Å². The Morgan fingerprint density at radius 1 is 1.08 bits per heavy atom. The Morgan fingerprint density at radius 3 is 2.46 bits per heavy atom. The van der Waals surface area contributed by atoms with Gasteiger partial charge in [0, 0.05) is 11.3 Å². The van der Waals surface area contributed by atoms with Crippen molar-refractivity contribution in [1.82, 2.24) is 15.3 Å². The van der Waals surface area contributed by atoms with Gasteiger partial charge in [0.25, 0.3) is 15.9 Å². The lowest BCUT2D eigenvalue weighted by Crippen LogP contribution is -2.23. The molecular weight excluding hydrogens is 356 g/mol. The van der Waals surface area contributed by atoms with E-state index in [1.807, 2.05) is 0 Å². The molecule has 132 valence electrons. The number of H-pyrrole nitrogens is 2. The third-order valence-electron chi connectivity index (χ3n) is 3.55. The molecule has 9 heteroatoms. The van der Waals surface area contributed by atoms with E-state index in [9.17, 15) is 18.0 Å². The number of hydrogen-bond donors (Lipinski definition) is 4. The number of anilines is 1. The number of aromatic amines is 2. The number of benzene rings is 2. The van der Waals surface area contributed by atoms with Crippen molar-refractivity contribution in [3.8, 4) is 12.3 Å². The molecule has 0 radical (unpaired) electrons. The summed E-state index contributed by atoms with van der Waals surface area (Å²) in [4.78, 5) is 28.1. The molecule has 0 saturated carbocycles. The lowest BCUT2D eigenvalue weighted by molar-refractivity contribution is 0.0958. The zero-order chi connectivity index (χ0) is 18.7. The maximum Gasteiger partial charge on any atom is 0.323 e. The molecule has 1 heterocycles. The van der Waals surface area contributed by atoms with Crippen LogP contribution in [0.15, 0.2) is 52.2 Å². The average Bonchev–Trinajstić information content (AvgIpc) is 2.99. The Kier molecular flexibility index (Phi) is 4.51. The summed E-state index contributed by atoms with van der Waals surface area (Å²) < 4.78 is 27.4. The highest BCUT2D eigenvalue weighted by molar-refractivity contribution is 7.92. The number of carbonyl (C=O) groups is 1. The van der Waals surface area contributed by atoms with Crippen LogP contribution in [0.3, 0.4) is 0 Å². The molecule has 0 saturated heterocycles. The second-order valence-corrected chi connectivity index (χ2v) is 7.04. The maximum absolute atomic E-state index is 12.5. The molecular formula is C17H14N4O4S. The van der Waals surface area contributed by atoms with Gasteiger partial charge in [-0.05, 0) is 42.5 Å². The van der Waals surface area contributed by atoms with Crippen molar-refractivity contribution in [1.29, 1.82) is 0 Å². The van der Waals surface area contributed by atoms with Crippen molar-refractivity contribution in [2.45, 2.75) is 4.90 Å². The van der Waals surface area contributed by atoms with Gasteiger partial charge in [-0.25, -0.2) is 13.2 Å². The second kappa shape index (κ2) is 6.78. The molecule has 0 aliphatic heterocycles. The van der Waals surface area contributed by atoms with Crippen molar-refractivity contribution in [3.05, 3.63) is 58.5 Å². The van der Waals surface area contributed by atoms with E-state index < -0.39 is 15.7 Å². The van der Waals surface area contributed by atoms with E-state index in [-0.39, 0.29) is 17.3 Å². The number of aromatic nitrogens is 2. The molecule has 0 atom stereocenters. The molecule has 4 N–H and O–H groups in total. The van der Waals surface area contributed by atoms with Gasteiger partial charge in [-0.2, -0.15) is 0 Å². The Balaban J connectivity index is 1.81. The van der Waals surface area contributed by atoms with Crippen molar-refractivity contribution in [2.24, 2.45) is 0 Å². The zero-order valence-electron chi connectivity index (χ0n) is 13.4. The molecule has 0 unspecified atom stereocenters. The van der Waals surface area contributed by atoms with Crippen LogP contribution in [-0.2, 0) is 10.0 Å². The molecule has 26 heavy (non-hydrogen) atoms. The number of sulfonamides is 1. The van der Waals surface area contributed by atoms with Gasteiger partial charge < -0.3 is 15.3 Å². The lowest BCUT2D eigenvalue weighted by atomic mass is 10.2. The molecule has 1 amide bonds. The van der Waals surface area contributed by atoms with Gasteiger partial charge in [0.2, 0.25) is 0 Å². The highest BCUT2D eigenvalue weighted by Gasteiger charge is 2.16. The maximum atomic E-state index is 12.5. The van der Waals surface area contributed by atoms with E-state index in [4.69, 9.17) is 6.42 Å². The first-order chi connectivity index (χ1) is 12.4.